The van der Waals surface area contributed by atoms with Gasteiger partial charge in [-0.15, -0.1) is 0 Å². The lowest BCUT2D eigenvalue weighted by Gasteiger charge is -2.11. The van der Waals surface area contributed by atoms with Gasteiger partial charge >= 0.3 is 5.97 Å². The molecule has 0 aliphatic rings. The average molecular weight is 495 g/mol. The Labute approximate surface area is 216 Å². The summed E-state index contributed by atoms with van der Waals surface area (Å²) in [6.45, 7) is 13.3. The fourth-order valence-electron chi connectivity index (χ4n) is 3.58. The average Bonchev–Trinajstić information content (AvgIpc) is 2.87. The number of azo groups is 1. The van der Waals surface area contributed by atoms with E-state index in [4.69, 9.17) is 14.2 Å². The largest absolute Gasteiger partial charge is 0.493 e. The highest BCUT2D eigenvalue weighted by Crippen LogP contribution is 2.32. The summed E-state index contributed by atoms with van der Waals surface area (Å²) in [5.41, 5.74) is 3.99. The van der Waals surface area contributed by atoms with Gasteiger partial charge in [-0.05, 0) is 77.1 Å². The van der Waals surface area contributed by atoms with Gasteiger partial charge in [-0.3, -0.25) is 0 Å². The van der Waals surface area contributed by atoms with Gasteiger partial charge in [-0.25, -0.2) is 4.79 Å². The first-order valence-electron chi connectivity index (χ1n) is 13.1. The van der Waals surface area contributed by atoms with Crippen molar-refractivity contribution < 1.29 is 19.0 Å². The number of hydrogen-bond donors (Lipinski definition) is 0. The van der Waals surface area contributed by atoms with Gasteiger partial charge in [0.15, 0.2) is 0 Å². The van der Waals surface area contributed by atoms with Crippen molar-refractivity contribution in [1.29, 1.82) is 0 Å². The fourth-order valence-corrected chi connectivity index (χ4v) is 3.58. The fraction of sp³-hybridized carbons (Fsp3) is 0.500. The van der Waals surface area contributed by atoms with Crippen LogP contribution in [0.2, 0.25) is 0 Å². The number of hydrogen-bond acceptors (Lipinski definition) is 6. The second-order valence-electron chi connectivity index (χ2n) is 9.09. The zero-order chi connectivity index (χ0) is 26.2. The maximum absolute atomic E-state index is 11.4. The maximum atomic E-state index is 11.4. The van der Waals surface area contributed by atoms with Crippen LogP contribution in [0.25, 0.3) is 0 Å². The van der Waals surface area contributed by atoms with Crippen LogP contribution in [0.4, 0.5) is 11.4 Å². The number of ether oxygens (including phenoxy) is 3. The van der Waals surface area contributed by atoms with Crippen molar-refractivity contribution in [3.63, 3.8) is 0 Å². The van der Waals surface area contributed by atoms with Crippen molar-refractivity contribution in [2.24, 2.45) is 10.2 Å². The Kier molecular flexibility index (Phi) is 13.3. The molecule has 196 valence electrons. The highest BCUT2D eigenvalue weighted by Gasteiger charge is 2.08. The lowest BCUT2D eigenvalue weighted by molar-refractivity contribution is -0.139. The van der Waals surface area contributed by atoms with Crippen LogP contribution in [0.3, 0.4) is 0 Å². The minimum Gasteiger partial charge on any atom is -0.493 e. The molecule has 0 aromatic heterocycles. The molecule has 0 unspecified atom stereocenters. The molecule has 6 heteroatoms. The van der Waals surface area contributed by atoms with E-state index in [1.807, 2.05) is 50.2 Å². The van der Waals surface area contributed by atoms with Crippen LogP contribution >= 0.6 is 0 Å². The molecule has 0 saturated heterocycles. The smallest absolute Gasteiger partial charge is 0.333 e. The lowest BCUT2D eigenvalue weighted by Crippen LogP contribution is -2.06. The second kappa shape index (κ2) is 16.5. The quantitative estimate of drug-likeness (QED) is 0.0954. The molecule has 0 fully saturated rings. The molecule has 2 aromatic rings. The third-order valence-electron chi connectivity index (χ3n) is 5.91. The van der Waals surface area contributed by atoms with Crippen LogP contribution in [0.1, 0.15) is 76.3 Å². The summed E-state index contributed by atoms with van der Waals surface area (Å²) in [7, 11) is 0. The minimum atomic E-state index is -0.320. The molecule has 2 aromatic carbocycles. The molecule has 0 N–H and O–H groups in total. The summed E-state index contributed by atoms with van der Waals surface area (Å²) < 4.78 is 17.1. The Morgan fingerprint density at radius 2 is 1.22 bits per heavy atom. The summed E-state index contributed by atoms with van der Waals surface area (Å²) in [4.78, 5) is 11.4. The number of unbranched alkanes of at least 4 members (excludes halogenated alkanes) is 6. The molecule has 0 aliphatic heterocycles. The Bertz CT molecular complexity index is 1000. The summed E-state index contributed by atoms with van der Waals surface area (Å²) in [5, 5.41) is 9.01. The van der Waals surface area contributed by atoms with Crippen LogP contribution < -0.4 is 9.47 Å². The van der Waals surface area contributed by atoms with E-state index in [0.717, 1.165) is 72.7 Å². The number of rotatable bonds is 17. The van der Waals surface area contributed by atoms with Crippen molar-refractivity contribution in [2.75, 3.05) is 19.8 Å². The number of carbonyl (C=O) groups excluding carboxylic acids is 1. The molecular formula is C30H42N2O4. The van der Waals surface area contributed by atoms with E-state index in [1.54, 1.807) is 6.92 Å². The third-order valence-corrected chi connectivity index (χ3v) is 5.91. The van der Waals surface area contributed by atoms with E-state index in [0.29, 0.717) is 18.8 Å². The van der Waals surface area contributed by atoms with Crippen LogP contribution in [-0.2, 0) is 9.53 Å². The predicted molar refractivity (Wildman–Crippen MR) is 146 cm³/mol. The first-order valence-corrected chi connectivity index (χ1v) is 13.1. The van der Waals surface area contributed by atoms with E-state index < -0.39 is 0 Å². The zero-order valence-electron chi connectivity index (χ0n) is 22.5. The molecular weight excluding hydrogens is 452 g/mol. The number of carbonyl (C=O) groups is 1. The van der Waals surface area contributed by atoms with Gasteiger partial charge in [0.25, 0.3) is 0 Å². The summed E-state index contributed by atoms with van der Waals surface area (Å²) >= 11 is 0. The Hall–Kier alpha value is -3.15. The van der Waals surface area contributed by atoms with Gasteiger partial charge in [0.05, 0.1) is 31.2 Å². The molecule has 0 heterocycles. The zero-order valence-corrected chi connectivity index (χ0v) is 22.5. The lowest BCUT2D eigenvalue weighted by atomic mass is 10.1. The van der Waals surface area contributed by atoms with Crippen LogP contribution in [0, 0.1) is 13.8 Å². The van der Waals surface area contributed by atoms with E-state index in [-0.39, 0.29) is 5.97 Å². The van der Waals surface area contributed by atoms with Crippen molar-refractivity contribution in [3.05, 3.63) is 59.7 Å². The van der Waals surface area contributed by atoms with Crippen LogP contribution in [-0.4, -0.2) is 25.8 Å². The maximum Gasteiger partial charge on any atom is 0.333 e. The highest BCUT2D eigenvalue weighted by molar-refractivity contribution is 5.86. The molecule has 2 rings (SSSR count). The van der Waals surface area contributed by atoms with Gasteiger partial charge in [0, 0.05) is 16.7 Å². The Morgan fingerprint density at radius 1 is 0.750 bits per heavy atom. The van der Waals surface area contributed by atoms with Crippen LogP contribution in [0.5, 0.6) is 11.5 Å². The number of benzene rings is 2. The second-order valence-corrected chi connectivity index (χ2v) is 9.09. The van der Waals surface area contributed by atoms with Gasteiger partial charge in [-0.2, -0.15) is 10.2 Å². The van der Waals surface area contributed by atoms with Gasteiger partial charge < -0.3 is 14.2 Å². The Morgan fingerprint density at radius 3 is 1.69 bits per heavy atom. The monoisotopic (exact) mass is 494 g/mol. The predicted octanol–water partition coefficient (Wildman–Crippen LogP) is 8.74. The molecule has 0 saturated carbocycles. The summed E-state index contributed by atoms with van der Waals surface area (Å²) in [5.74, 6) is 1.37. The molecule has 0 aliphatic carbocycles. The van der Waals surface area contributed by atoms with E-state index in [9.17, 15) is 4.79 Å². The number of esters is 1. The standard InChI is InChI=1S/C30H42N2O4/c1-6-7-8-11-20-34-28-18-14-16-26(24(28)4)31-32-27-17-15-19-29(25(27)5)35-21-12-9-10-13-22-36-30(33)23(2)3/h14-19H,2,6-13,20-22H2,1,3-5H3. The van der Waals surface area contributed by atoms with Crippen molar-refractivity contribution in [3.8, 4) is 11.5 Å². The topological polar surface area (TPSA) is 69.5 Å². The van der Waals surface area contributed by atoms with E-state index >= 15 is 0 Å². The molecule has 0 radical (unpaired) electrons. The summed E-state index contributed by atoms with van der Waals surface area (Å²) in [6.07, 6.45) is 8.50. The van der Waals surface area contributed by atoms with Gasteiger partial charge in [0.2, 0.25) is 0 Å². The van der Waals surface area contributed by atoms with Crippen molar-refractivity contribution in [1.82, 2.24) is 0 Å². The van der Waals surface area contributed by atoms with Gasteiger partial charge in [0.1, 0.15) is 11.5 Å². The normalized spacial score (nSPS) is 11.0. The molecule has 0 amide bonds. The molecule has 0 spiro atoms. The number of nitrogens with zero attached hydrogens (tertiary/aromatic N) is 2. The SMILES string of the molecule is C=C(C)C(=O)OCCCCCCOc1cccc(N=Nc2cccc(OCCCCCC)c2C)c1C. The molecule has 0 atom stereocenters. The van der Waals surface area contributed by atoms with Crippen molar-refractivity contribution in [2.45, 2.75) is 79.1 Å². The first kappa shape index (κ1) is 29.1. The van der Waals surface area contributed by atoms with E-state index in [1.165, 1.54) is 19.3 Å². The molecule has 36 heavy (non-hydrogen) atoms. The third kappa shape index (κ3) is 10.2. The van der Waals surface area contributed by atoms with Gasteiger partial charge in [-0.1, -0.05) is 44.9 Å². The molecule has 6 nitrogen and oxygen atoms in total. The molecule has 0 bridgehead atoms. The van der Waals surface area contributed by atoms with E-state index in [2.05, 4.69) is 23.7 Å². The highest BCUT2D eigenvalue weighted by atomic mass is 16.5. The first-order chi connectivity index (χ1) is 17.4. The summed E-state index contributed by atoms with van der Waals surface area (Å²) in [6, 6.07) is 11.8. The van der Waals surface area contributed by atoms with Crippen molar-refractivity contribution >= 4 is 17.3 Å². The van der Waals surface area contributed by atoms with Crippen LogP contribution in [0.15, 0.2) is 58.8 Å². The Balaban J connectivity index is 1.82. The minimum absolute atomic E-state index is 0.320.